The van der Waals surface area contributed by atoms with E-state index in [1.807, 2.05) is 11.3 Å². The fourth-order valence-corrected chi connectivity index (χ4v) is 2.54. The van der Waals surface area contributed by atoms with Crippen LogP contribution < -0.4 is 5.32 Å². The molecular weight excluding hydrogens is 242 g/mol. The van der Waals surface area contributed by atoms with Gasteiger partial charge in [0.2, 0.25) is 0 Å². The molecule has 0 aromatic carbocycles. The van der Waals surface area contributed by atoms with E-state index >= 15 is 0 Å². The Labute approximate surface area is 116 Å². The van der Waals surface area contributed by atoms with Crippen LogP contribution in [0.15, 0.2) is 6.07 Å². The van der Waals surface area contributed by atoms with E-state index in [9.17, 15) is 0 Å². The molecular formula is C15H27NOS. The first-order valence-electron chi connectivity index (χ1n) is 6.83. The van der Waals surface area contributed by atoms with Gasteiger partial charge in [-0.05, 0) is 31.4 Å². The summed E-state index contributed by atoms with van der Waals surface area (Å²) in [6.45, 7) is 14.8. The van der Waals surface area contributed by atoms with Gasteiger partial charge in [0.25, 0.3) is 0 Å². The molecule has 0 saturated carbocycles. The molecule has 1 unspecified atom stereocenters. The van der Waals surface area contributed by atoms with Crippen LogP contribution in [0.2, 0.25) is 0 Å². The van der Waals surface area contributed by atoms with Gasteiger partial charge in [-0.3, -0.25) is 0 Å². The average molecular weight is 269 g/mol. The van der Waals surface area contributed by atoms with Gasteiger partial charge in [0.15, 0.2) is 0 Å². The summed E-state index contributed by atoms with van der Waals surface area (Å²) >= 11 is 1.87. The monoisotopic (exact) mass is 269 g/mol. The van der Waals surface area contributed by atoms with Crippen molar-refractivity contribution in [2.24, 2.45) is 5.92 Å². The topological polar surface area (TPSA) is 21.3 Å². The standard InChI is InChI=1S/C15H27NOS/c1-10(2)12(5)17-9-14-7-15(18-13(14)6)8-16-11(3)4/h7,10-12,16H,8-9H2,1-6H3. The Morgan fingerprint density at radius 2 is 1.89 bits per heavy atom. The predicted octanol–water partition coefficient (Wildman–Crippen LogP) is 4.12. The van der Waals surface area contributed by atoms with Crippen LogP contribution in [0.3, 0.4) is 0 Å². The van der Waals surface area contributed by atoms with Crippen LogP contribution >= 0.6 is 11.3 Å². The predicted molar refractivity (Wildman–Crippen MR) is 80.1 cm³/mol. The highest BCUT2D eigenvalue weighted by atomic mass is 32.1. The zero-order valence-corrected chi connectivity index (χ0v) is 13.4. The molecule has 1 aromatic rings. The van der Waals surface area contributed by atoms with Gasteiger partial charge in [-0.1, -0.05) is 27.7 Å². The molecule has 0 bridgehead atoms. The van der Waals surface area contributed by atoms with Gasteiger partial charge >= 0.3 is 0 Å². The molecule has 1 heterocycles. The van der Waals surface area contributed by atoms with Gasteiger partial charge in [-0.15, -0.1) is 11.3 Å². The van der Waals surface area contributed by atoms with Crippen molar-refractivity contribution < 1.29 is 4.74 Å². The molecule has 0 aliphatic carbocycles. The first-order chi connectivity index (χ1) is 8.40. The molecule has 0 saturated heterocycles. The van der Waals surface area contributed by atoms with Crippen molar-refractivity contribution in [3.63, 3.8) is 0 Å². The maximum atomic E-state index is 5.90. The van der Waals surface area contributed by atoms with E-state index in [4.69, 9.17) is 4.74 Å². The van der Waals surface area contributed by atoms with Crippen molar-refractivity contribution in [1.29, 1.82) is 0 Å². The fourth-order valence-electron chi connectivity index (χ4n) is 1.54. The molecule has 2 nitrogen and oxygen atoms in total. The summed E-state index contributed by atoms with van der Waals surface area (Å²) in [5.41, 5.74) is 1.34. The third kappa shape index (κ3) is 5.09. The summed E-state index contributed by atoms with van der Waals surface area (Å²) in [6, 6.07) is 2.82. The van der Waals surface area contributed by atoms with Crippen LogP contribution in [0.1, 0.15) is 49.9 Å². The minimum atomic E-state index is 0.321. The van der Waals surface area contributed by atoms with E-state index < -0.39 is 0 Å². The maximum Gasteiger partial charge on any atom is 0.0731 e. The van der Waals surface area contributed by atoms with Crippen molar-refractivity contribution in [2.75, 3.05) is 0 Å². The third-order valence-corrected chi connectivity index (χ3v) is 4.29. The molecule has 0 spiro atoms. The largest absolute Gasteiger partial charge is 0.374 e. The minimum Gasteiger partial charge on any atom is -0.374 e. The summed E-state index contributed by atoms with van der Waals surface area (Å²) in [5, 5.41) is 3.46. The summed E-state index contributed by atoms with van der Waals surface area (Å²) in [5.74, 6) is 0.575. The van der Waals surface area contributed by atoms with Crippen LogP contribution in [0.4, 0.5) is 0 Å². The lowest BCUT2D eigenvalue weighted by atomic mass is 10.1. The lowest BCUT2D eigenvalue weighted by Gasteiger charge is -2.16. The molecule has 0 fully saturated rings. The van der Waals surface area contributed by atoms with Gasteiger partial charge in [-0.25, -0.2) is 0 Å². The summed E-state index contributed by atoms with van der Waals surface area (Å²) in [6.07, 6.45) is 0.321. The summed E-state index contributed by atoms with van der Waals surface area (Å²) < 4.78 is 5.90. The zero-order valence-electron chi connectivity index (χ0n) is 12.5. The van der Waals surface area contributed by atoms with Crippen LogP contribution in [0, 0.1) is 12.8 Å². The van der Waals surface area contributed by atoms with Crippen molar-refractivity contribution in [2.45, 2.75) is 66.8 Å². The normalized spacial score (nSPS) is 13.6. The van der Waals surface area contributed by atoms with Gasteiger partial charge in [-0.2, -0.15) is 0 Å². The van der Waals surface area contributed by atoms with E-state index in [2.05, 4.69) is 52.9 Å². The Hall–Kier alpha value is -0.380. The van der Waals surface area contributed by atoms with Gasteiger partial charge in [0.05, 0.1) is 12.7 Å². The SMILES string of the molecule is Cc1sc(CNC(C)C)cc1COC(C)C(C)C. The van der Waals surface area contributed by atoms with Crippen molar-refractivity contribution in [3.05, 3.63) is 21.4 Å². The Kier molecular flexibility index (Phi) is 6.33. The van der Waals surface area contributed by atoms with Crippen LogP contribution in [-0.2, 0) is 17.9 Å². The fraction of sp³-hybridized carbons (Fsp3) is 0.733. The number of hydrogen-bond acceptors (Lipinski definition) is 3. The Morgan fingerprint density at radius 3 is 2.44 bits per heavy atom. The van der Waals surface area contributed by atoms with Crippen molar-refractivity contribution >= 4 is 11.3 Å². The molecule has 3 heteroatoms. The number of rotatable bonds is 7. The minimum absolute atomic E-state index is 0.321. The Balaban J connectivity index is 2.51. The molecule has 18 heavy (non-hydrogen) atoms. The smallest absolute Gasteiger partial charge is 0.0731 e. The van der Waals surface area contributed by atoms with Crippen LogP contribution in [-0.4, -0.2) is 12.1 Å². The van der Waals surface area contributed by atoms with E-state index in [1.54, 1.807) is 0 Å². The second-order valence-electron chi connectivity index (χ2n) is 5.59. The zero-order chi connectivity index (χ0) is 13.7. The third-order valence-electron chi connectivity index (χ3n) is 3.20. The average Bonchev–Trinajstić information content (AvgIpc) is 2.64. The van der Waals surface area contributed by atoms with E-state index in [0.717, 1.165) is 13.2 Å². The van der Waals surface area contributed by atoms with E-state index in [-0.39, 0.29) is 0 Å². The van der Waals surface area contributed by atoms with Crippen LogP contribution in [0.25, 0.3) is 0 Å². The number of nitrogens with one attached hydrogen (secondary N) is 1. The molecule has 1 aromatic heterocycles. The quantitative estimate of drug-likeness (QED) is 0.804. The molecule has 0 radical (unpaired) electrons. The number of hydrogen-bond donors (Lipinski definition) is 1. The van der Waals surface area contributed by atoms with E-state index in [0.29, 0.717) is 18.1 Å². The molecule has 0 amide bonds. The van der Waals surface area contributed by atoms with E-state index in [1.165, 1.54) is 15.3 Å². The first-order valence-corrected chi connectivity index (χ1v) is 7.65. The molecule has 1 N–H and O–H groups in total. The Morgan fingerprint density at radius 1 is 1.22 bits per heavy atom. The van der Waals surface area contributed by atoms with Gasteiger partial charge < -0.3 is 10.1 Å². The summed E-state index contributed by atoms with van der Waals surface area (Å²) in [7, 11) is 0. The second kappa shape index (κ2) is 7.27. The number of aryl methyl sites for hydroxylation is 1. The van der Waals surface area contributed by atoms with Gasteiger partial charge in [0.1, 0.15) is 0 Å². The number of ether oxygens (including phenoxy) is 1. The number of thiophene rings is 1. The van der Waals surface area contributed by atoms with Crippen molar-refractivity contribution in [1.82, 2.24) is 5.32 Å². The Bertz CT molecular complexity index is 357. The molecule has 1 atom stereocenters. The molecule has 0 aliphatic rings. The van der Waals surface area contributed by atoms with Crippen LogP contribution in [0.5, 0.6) is 0 Å². The summed E-state index contributed by atoms with van der Waals surface area (Å²) in [4.78, 5) is 2.78. The second-order valence-corrected chi connectivity index (χ2v) is 6.93. The molecule has 0 aliphatic heterocycles. The highest BCUT2D eigenvalue weighted by molar-refractivity contribution is 7.12. The maximum absolute atomic E-state index is 5.90. The van der Waals surface area contributed by atoms with Crippen molar-refractivity contribution in [3.8, 4) is 0 Å². The molecule has 104 valence electrons. The molecule has 1 rings (SSSR count). The lowest BCUT2D eigenvalue weighted by molar-refractivity contribution is 0.0234. The highest BCUT2D eigenvalue weighted by Crippen LogP contribution is 2.23. The lowest BCUT2D eigenvalue weighted by Crippen LogP contribution is -2.21. The first kappa shape index (κ1) is 15.7. The van der Waals surface area contributed by atoms with Gasteiger partial charge in [0, 0.05) is 22.3 Å². The highest BCUT2D eigenvalue weighted by Gasteiger charge is 2.10.